The predicted molar refractivity (Wildman–Crippen MR) is 62.1 cm³/mol. The van der Waals surface area contributed by atoms with Crippen molar-refractivity contribution in [2.75, 3.05) is 0 Å². The second kappa shape index (κ2) is 3.54. The SMILES string of the molecule is Cc1cc(C)c(C2(C#N)CCC2)c(Cl)c1. The van der Waals surface area contributed by atoms with Crippen molar-refractivity contribution < 1.29 is 0 Å². The minimum absolute atomic E-state index is 0.297. The van der Waals surface area contributed by atoms with Crippen molar-refractivity contribution in [1.82, 2.24) is 0 Å². The van der Waals surface area contributed by atoms with Gasteiger partial charge in [0.05, 0.1) is 11.5 Å². The van der Waals surface area contributed by atoms with Crippen LogP contribution in [0.5, 0.6) is 0 Å². The van der Waals surface area contributed by atoms with Crippen molar-refractivity contribution in [3.05, 3.63) is 33.8 Å². The molecular weight excluding hydrogens is 206 g/mol. The van der Waals surface area contributed by atoms with Crippen LogP contribution in [0.3, 0.4) is 0 Å². The molecule has 78 valence electrons. The highest BCUT2D eigenvalue weighted by molar-refractivity contribution is 6.31. The summed E-state index contributed by atoms with van der Waals surface area (Å²) in [6, 6.07) is 6.52. The summed E-state index contributed by atoms with van der Waals surface area (Å²) >= 11 is 6.26. The molecule has 2 rings (SSSR count). The third kappa shape index (κ3) is 1.54. The smallest absolute Gasteiger partial charge is 0.0839 e. The molecule has 0 spiro atoms. The molecule has 0 N–H and O–H groups in total. The first-order chi connectivity index (χ1) is 7.09. The Balaban J connectivity index is 2.58. The second-order valence-corrected chi connectivity index (χ2v) is 4.89. The number of rotatable bonds is 1. The van der Waals surface area contributed by atoms with E-state index >= 15 is 0 Å². The maximum Gasteiger partial charge on any atom is 0.0839 e. The molecule has 1 aliphatic carbocycles. The maximum atomic E-state index is 9.30. The Bertz CT molecular complexity index is 415. The third-order valence-electron chi connectivity index (χ3n) is 3.33. The third-order valence-corrected chi connectivity index (χ3v) is 3.63. The first-order valence-corrected chi connectivity index (χ1v) is 5.65. The standard InChI is InChI=1S/C13H14ClN/c1-9-6-10(2)12(11(14)7-9)13(8-15)4-3-5-13/h6-7H,3-5H2,1-2H3. The van der Waals surface area contributed by atoms with Gasteiger partial charge in [0, 0.05) is 5.02 Å². The van der Waals surface area contributed by atoms with Gasteiger partial charge < -0.3 is 0 Å². The van der Waals surface area contributed by atoms with E-state index in [1.807, 2.05) is 19.9 Å². The number of nitrogens with zero attached hydrogens (tertiary/aromatic N) is 1. The predicted octanol–water partition coefficient (Wildman–Crippen LogP) is 3.90. The van der Waals surface area contributed by atoms with E-state index in [-0.39, 0.29) is 5.41 Å². The Hall–Kier alpha value is -1.00. The Morgan fingerprint density at radius 2 is 2.00 bits per heavy atom. The molecule has 0 aliphatic heterocycles. The largest absolute Gasteiger partial charge is 0.197 e. The molecular formula is C13H14ClN. The van der Waals surface area contributed by atoms with Gasteiger partial charge in [0.15, 0.2) is 0 Å². The molecule has 0 saturated heterocycles. The first kappa shape index (κ1) is 10.5. The van der Waals surface area contributed by atoms with Crippen LogP contribution < -0.4 is 0 Å². The highest BCUT2D eigenvalue weighted by atomic mass is 35.5. The van der Waals surface area contributed by atoms with E-state index in [2.05, 4.69) is 12.1 Å². The summed E-state index contributed by atoms with van der Waals surface area (Å²) in [5.41, 5.74) is 3.08. The van der Waals surface area contributed by atoms with Crippen LogP contribution >= 0.6 is 11.6 Å². The quantitative estimate of drug-likeness (QED) is 0.703. The molecule has 0 radical (unpaired) electrons. The molecule has 0 unspecified atom stereocenters. The van der Waals surface area contributed by atoms with Crippen molar-refractivity contribution >= 4 is 11.6 Å². The van der Waals surface area contributed by atoms with Gasteiger partial charge in [-0.1, -0.05) is 17.7 Å². The van der Waals surface area contributed by atoms with Crippen molar-refractivity contribution in [1.29, 1.82) is 5.26 Å². The maximum absolute atomic E-state index is 9.30. The van der Waals surface area contributed by atoms with Crippen LogP contribution in [0.2, 0.25) is 5.02 Å². The van der Waals surface area contributed by atoms with Crippen molar-refractivity contribution in [2.45, 2.75) is 38.5 Å². The van der Waals surface area contributed by atoms with Gasteiger partial charge >= 0.3 is 0 Å². The van der Waals surface area contributed by atoms with Crippen LogP contribution in [-0.2, 0) is 5.41 Å². The van der Waals surface area contributed by atoms with Crippen molar-refractivity contribution in [3.63, 3.8) is 0 Å². The lowest BCUT2D eigenvalue weighted by molar-refractivity contribution is 0.323. The van der Waals surface area contributed by atoms with Crippen molar-refractivity contribution in [2.24, 2.45) is 0 Å². The van der Waals surface area contributed by atoms with Gasteiger partial charge in [0.25, 0.3) is 0 Å². The summed E-state index contributed by atoms with van der Waals surface area (Å²) in [5, 5.41) is 10.1. The van der Waals surface area contributed by atoms with Gasteiger partial charge in [-0.05, 0) is 55.9 Å². The first-order valence-electron chi connectivity index (χ1n) is 5.27. The van der Waals surface area contributed by atoms with E-state index < -0.39 is 0 Å². The van der Waals surface area contributed by atoms with E-state index in [0.29, 0.717) is 0 Å². The molecule has 0 aromatic heterocycles. The number of hydrogen-bond donors (Lipinski definition) is 0. The number of benzene rings is 1. The van der Waals surface area contributed by atoms with Crippen LogP contribution in [0.15, 0.2) is 12.1 Å². The fraction of sp³-hybridized carbons (Fsp3) is 0.462. The molecule has 0 heterocycles. The molecule has 1 aromatic carbocycles. The average molecular weight is 220 g/mol. The van der Waals surface area contributed by atoms with Crippen LogP contribution in [0.1, 0.15) is 36.0 Å². The van der Waals surface area contributed by atoms with Gasteiger partial charge in [-0.25, -0.2) is 0 Å². The fourth-order valence-corrected chi connectivity index (χ4v) is 2.97. The molecule has 15 heavy (non-hydrogen) atoms. The van der Waals surface area contributed by atoms with Gasteiger partial charge in [-0.15, -0.1) is 0 Å². The summed E-state index contributed by atoms with van der Waals surface area (Å²) in [6.45, 7) is 4.08. The molecule has 1 saturated carbocycles. The number of halogens is 1. The lowest BCUT2D eigenvalue weighted by Crippen LogP contribution is -2.33. The monoisotopic (exact) mass is 219 g/mol. The summed E-state index contributed by atoms with van der Waals surface area (Å²) < 4.78 is 0. The topological polar surface area (TPSA) is 23.8 Å². The molecule has 1 aromatic rings. The van der Waals surface area contributed by atoms with Gasteiger partial charge in [-0.3, -0.25) is 0 Å². The van der Waals surface area contributed by atoms with Crippen LogP contribution in [-0.4, -0.2) is 0 Å². The minimum Gasteiger partial charge on any atom is -0.197 e. The molecule has 1 nitrogen and oxygen atoms in total. The average Bonchev–Trinajstić information content (AvgIpc) is 2.07. The molecule has 0 atom stereocenters. The van der Waals surface area contributed by atoms with Gasteiger partial charge in [0.1, 0.15) is 0 Å². The second-order valence-electron chi connectivity index (χ2n) is 4.49. The zero-order chi connectivity index (χ0) is 11.1. The zero-order valence-corrected chi connectivity index (χ0v) is 9.86. The zero-order valence-electron chi connectivity index (χ0n) is 9.10. The summed E-state index contributed by atoms with van der Waals surface area (Å²) in [6.07, 6.45) is 3.04. The summed E-state index contributed by atoms with van der Waals surface area (Å²) in [5.74, 6) is 0. The van der Waals surface area contributed by atoms with Gasteiger partial charge in [-0.2, -0.15) is 5.26 Å². The van der Waals surface area contributed by atoms with E-state index in [0.717, 1.165) is 41.0 Å². The molecule has 0 amide bonds. The molecule has 0 bridgehead atoms. The van der Waals surface area contributed by atoms with Crippen LogP contribution in [0.25, 0.3) is 0 Å². The normalized spacial score (nSPS) is 18.0. The van der Waals surface area contributed by atoms with E-state index in [1.165, 1.54) is 0 Å². The highest BCUT2D eigenvalue weighted by Crippen LogP contribution is 2.47. The number of aryl methyl sites for hydroxylation is 2. The van der Waals surface area contributed by atoms with Crippen LogP contribution in [0, 0.1) is 25.2 Å². The lowest BCUT2D eigenvalue weighted by Gasteiger charge is -2.37. The summed E-state index contributed by atoms with van der Waals surface area (Å²) in [4.78, 5) is 0. The fourth-order valence-electron chi connectivity index (χ4n) is 2.47. The van der Waals surface area contributed by atoms with Crippen LogP contribution in [0.4, 0.5) is 0 Å². The Morgan fingerprint density at radius 1 is 1.33 bits per heavy atom. The van der Waals surface area contributed by atoms with E-state index in [4.69, 9.17) is 11.6 Å². The Labute approximate surface area is 95.7 Å². The number of nitriles is 1. The summed E-state index contributed by atoms with van der Waals surface area (Å²) in [7, 11) is 0. The van der Waals surface area contributed by atoms with Crippen molar-refractivity contribution in [3.8, 4) is 6.07 Å². The molecule has 2 heteroatoms. The Kier molecular flexibility index (Phi) is 2.48. The Morgan fingerprint density at radius 3 is 2.40 bits per heavy atom. The highest BCUT2D eigenvalue weighted by Gasteiger charge is 2.41. The van der Waals surface area contributed by atoms with E-state index in [1.54, 1.807) is 0 Å². The minimum atomic E-state index is -0.297. The molecule has 1 fully saturated rings. The lowest BCUT2D eigenvalue weighted by atomic mass is 9.64. The van der Waals surface area contributed by atoms with Gasteiger partial charge in [0.2, 0.25) is 0 Å². The number of hydrogen-bond acceptors (Lipinski definition) is 1. The van der Waals surface area contributed by atoms with E-state index in [9.17, 15) is 5.26 Å². The molecule has 1 aliphatic rings.